The molecule has 1 rings (SSSR count). The molecule has 0 spiro atoms. The Bertz CT molecular complexity index is 421. The number of nitrogens with one attached hydrogen (secondary N) is 2. The summed E-state index contributed by atoms with van der Waals surface area (Å²) in [5.41, 5.74) is 0.937. The summed E-state index contributed by atoms with van der Waals surface area (Å²) in [6.45, 7) is 2.88. The van der Waals surface area contributed by atoms with E-state index in [4.69, 9.17) is 0 Å². The Morgan fingerprint density at radius 2 is 1.94 bits per heavy atom. The van der Waals surface area contributed by atoms with Gasteiger partial charge in [-0.05, 0) is 31.7 Å². The second-order valence-corrected chi connectivity index (χ2v) is 5.08. The quantitative estimate of drug-likeness (QED) is 0.778. The lowest BCUT2D eigenvalue weighted by atomic mass is 10.2. The van der Waals surface area contributed by atoms with Crippen LogP contribution in [0.1, 0.15) is 5.56 Å². The SMILES string of the molecule is CNCCNS(=O)(=O)c1cccc(C)c1.Cl. The molecule has 0 bridgehead atoms. The van der Waals surface area contributed by atoms with Crippen molar-refractivity contribution in [2.24, 2.45) is 0 Å². The van der Waals surface area contributed by atoms with E-state index >= 15 is 0 Å². The van der Waals surface area contributed by atoms with E-state index in [-0.39, 0.29) is 12.4 Å². The lowest BCUT2D eigenvalue weighted by Gasteiger charge is -2.06. The van der Waals surface area contributed by atoms with Gasteiger partial charge in [-0.1, -0.05) is 12.1 Å². The topological polar surface area (TPSA) is 58.2 Å². The van der Waals surface area contributed by atoms with Gasteiger partial charge in [0.05, 0.1) is 4.90 Å². The van der Waals surface area contributed by atoms with E-state index < -0.39 is 10.0 Å². The molecule has 6 heteroatoms. The van der Waals surface area contributed by atoms with Crippen molar-refractivity contribution in [3.05, 3.63) is 29.8 Å². The van der Waals surface area contributed by atoms with Crippen molar-refractivity contribution in [2.75, 3.05) is 20.1 Å². The van der Waals surface area contributed by atoms with E-state index in [1.165, 1.54) is 0 Å². The monoisotopic (exact) mass is 264 g/mol. The molecule has 0 saturated carbocycles. The molecule has 0 fully saturated rings. The average molecular weight is 265 g/mol. The van der Waals surface area contributed by atoms with E-state index in [1.807, 2.05) is 13.0 Å². The van der Waals surface area contributed by atoms with Crippen molar-refractivity contribution in [1.82, 2.24) is 10.0 Å². The number of hydrogen-bond donors (Lipinski definition) is 2. The smallest absolute Gasteiger partial charge is 0.240 e. The van der Waals surface area contributed by atoms with E-state index in [0.29, 0.717) is 18.0 Å². The van der Waals surface area contributed by atoms with Gasteiger partial charge in [-0.15, -0.1) is 12.4 Å². The molecule has 92 valence electrons. The minimum absolute atomic E-state index is 0. The lowest BCUT2D eigenvalue weighted by Crippen LogP contribution is -2.30. The first kappa shape index (κ1) is 15.4. The molecule has 1 aromatic rings. The summed E-state index contributed by atoms with van der Waals surface area (Å²) in [6.07, 6.45) is 0. The Balaban J connectivity index is 0.00000225. The minimum Gasteiger partial charge on any atom is -0.318 e. The van der Waals surface area contributed by atoms with Crippen molar-refractivity contribution >= 4 is 22.4 Å². The largest absolute Gasteiger partial charge is 0.318 e. The maximum atomic E-state index is 11.7. The third-order valence-electron chi connectivity index (χ3n) is 1.97. The number of hydrogen-bond acceptors (Lipinski definition) is 3. The molecule has 0 aliphatic heterocycles. The van der Waals surface area contributed by atoms with Crippen molar-refractivity contribution in [2.45, 2.75) is 11.8 Å². The van der Waals surface area contributed by atoms with Crippen LogP contribution >= 0.6 is 12.4 Å². The predicted octanol–water partition coefficient (Wildman–Crippen LogP) is 0.915. The van der Waals surface area contributed by atoms with Gasteiger partial charge in [-0.3, -0.25) is 0 Å². The van der Waals surface area contributed by atoms with Crippen LogP contribution in [0.25, 0.3) is 0 Å². The normalized spacial score (nSPS) is 10.9. The van der Waals surface area contributed by atoms with Crippen LogP contribution < -0.4 is 10.0 Å². The highest BCUT2D eigenvalue weighted by Crippen LogP contribution is 2.09. The Kier molecular flexibility index (Phi) is 6.59. The fraction of sp³-hybridized carbons (Fsp3) is 0.400. The van der Waals surface area contributed by atoms with Crippen LogP contribution in [0.15, 0.2) is 29.2 Å². The molecule has 0 heterocycles. The van der Waals surface area contributed by atoms with Crippen LogP contribution in [0.4, 0.5) is 0 Å². The van der Waals surface area contributed by atoms with Gasteiger partial charge in [0.1, 0.15) is 0 Å². The molecule has 0 aliphatic carbocycles. The molecule has 0 amide bonds. The summed E-state index contributed by atoms with van der Waals surface area (Å²) in [7, 11) is -1.57. The number of likely N-dealkylation sites (N-methyl/N-ethyl adjacent to an activating group) is 1. The average Bonchev–Trinajstić information content (AvgIpc) is 2.18. The van der Waals surface area contributed by atoms with Crippen molar-refractivity contribution < 1.29 is 8.42 Å². The van der Waals surface area contributed by atoms with Crippen molar-refractivity contribution in [3.8, 4) is 0 Å². The van der Waals surface area contributed by atoms with Gasteiger partial charge in [-0.2, -0.15) is 0 Å². The van der Waals surface area contributed by atoms with Gasteiger partial charge < -0.3 is 5.32 Å². The van der Waals surface area contributed by atoms with Gasteiger partial charge in [-0.25, -0.2) is 13.1 Å². The summed E-state index contributed by atoms with van der Waals surface area (Å²) in [6, 6.07) is 6.85. The molecule has 0 atom stereocenters. The molecular weight excluding hydrogens is 248 g/mol. The zero-order valence-electron chi connectivity index (χ0n) is 9.36. The van der Waals surface area contributed by atoms with Gasteiger partial charge >= 0.3 is 0 Å². The first-order chi connectivity index (χ1) is 7.06. The van der Waals surface area contributed by atoms with Gasteiger partial charge in [0.2, 0.25) is 10.0 Å². The summed E-state index contributed by atoms with van der Waals surface area (Å²) in [5.74, 6) is 0. The van der Waals surface area contributed by atoms with Crippen LogP contribution in [0.3, 0.4) is 0 Å². The second-order valence-electron chi connectivity index (χ2n) is 3.32. The summed E-state index contributed by atoms with van der Waals surface area (Å²) >= 11 is 0. The van der Waals surface area contributed by atoms with Crippen LogP contribution in [0.2, 0.25) is 0 Å². The summed E-state index contributed by atoms with van der Waals surface area (Å²) in [5, 5.41) is 2.88. The number of halogens is 1. The molecule has 4 nitrogen and oxygen atoms in total. The Morgan fingerprint density at radius 1 is 1.25 bits per heavy atom. The number of benzene rings is 1. The molecule has 0 aliphatic rings. The first-order valence-electron chi connectivity index (χ1n) is 4.77. The van der Waals surface area contributed by atoms with E-state index in [9.17, 15) is 8.42 Å². The zero-order valence-corrected chi connectivity index (χ0v) is 11.0. The van der Waals surface area contributed by atoms with Crippen molar-refractivity contribution in [1.29, 1.82) is 0 Å². The Labute approximate surface area is 103 Å². The molecule has 0 aromatic heterocycles. The van der Waals surface area contributed by atoms with E-state index in [1.54, 1.807) is 25.2 Å². The van der Waals surface area contributed by atoms with Gasteiger partial charge in [0.25, 0.3) is 0 Å². The third kappa shape index (κ3) is 4.49. The maximum Gasteiger partial charge on any atom is 0.240 e. The highest BCUT2D eigenvalue weighted by Gasteiger charge is 2.12. The molecule has 0 unspecified atom stereocenters. The Hall–Kier alpha value is -0.620. The zero-order chi connectivity index (χ0) is 11.3. The summed E-state index contributed by atoms with van der Waals surface area (Å²) in [4.78, 5) is 0.318. The van der Waals surface area contributed by atoms with Crippen LogP contribution in [0.5, 0.6) is 0 Å². The number of sulfonamides is 1. The van der Waals surface area contributed by atoms with Crippen LogP contribution in [-0.4, -0.2) is 28.6 Å². The minimum atomic E-state index is -3.35. The number of aryl methyl sites for hydroxylation is 1. The fourth-order valence-electron chi connectivity index (χ4n) is 1.18. The molecule has 2 N–H and O–H groups in total. The van der Waals surface area contributed by atoms with Crippen molar-refractivity contribution in [3.63, 3.8) is 0 Å². The molecule has 1 aromatic carbocycles. The molecule has 16 heavy (non-hydrogen) atoms. The molecule has 0 saturated heterocycles. The third-order valence-corrected chi connectivity index (χ3v) is 3.43. The Morgan fingerprint density at radius 3 is 2.50 bits per heavy atom. The van der Waals surface area contributed by atoms with E-state index in [2.05, 4.69) is 10.0 Å². The van der Waals surface area contributed by atoms with Gasteiger partial charge in [0.15, 0.2) is 0 Å². The molecular formula is C10H17ClN2O2S. The summed E-state index contributed by atoms with van der Waals surface area (Å²) < 4.78 is 26.0. The first-order valence-corrected chi connectivity index (χ1v) is 6.25. The van der Waals surface area contributed by atoms with Crippen LogP contribution in [0, 0.1) is 6.92 Å². The predicted molar refractivity (Wildman–Crippen MR) is 67.5 cm³/mol. The number of rotatable bonds is 5. The second kappa shape index (κ2) is 6.85. The lowest BCUT2D eigenvalue weighted by molar-refractivity contribution is 0.579. The highest BCUT2D eigenvalue weighted by molar-refractivity contribution is 7.89. The van der Waals surface area contributed by atoms with E-state index in [0.717, 1.165) is 5.56 Å². The maximum absolute atomic E-state index is 11.7. The van der Waals surface area contributed by atoms with Gasteiger partial charge in [0, 0.05) is 13.1 Å². The fourth-order valence-corrected chi connectivity index (χ4v) is 2.31. The highest BCUT2D eigenvalue weighted by atomic mass is 35.5. The van der Waals surface area contributed by atoms with Crippen LogP contribution in [-0.2, 0) is 10.0 Å². The molecule has 0 radical (unpaired) electrons. The standard InChI is InChI=1S/C10H16N2O2S.ClH/c1-9-4-3-5-10(8-9)15(13,14)12-7-6-11-2;/h3-5,8,11-12H,6-7H2,1-2H3;1H.